The van der Waals surface area contributed by atoms with Crippen LogP contribution in [0.4, 0.5) is 0 Å². The number of unbranched alkanes of at least 4 members (excludes halogenated alkanes) is 7. The molecule has 1 amide bonds. The van der Waals surface area contributed by atoms with Crippen LogP contribution in [0.3, 0.4) is 0 Å². The summed E-state index contributed by atoms with van der Waals surface area (Å²) in [4.78, 5) is 12.1. The molecule has 0 heterocycles. The second-order valence-corrected chi connectivity index (χ2v) is 13.3. The summed E-state index contributed by atoms with van der Waals surface area (Å²) < 4.78 is 32.9. The molecule has 0 aliphatic heterocycles. The van der Waals surface area contributed by atoms with Crippen molar-refractivity contribution in [1.29, 1.82) is 0 Å². The number of phenols is 3. The van der Waals surface area contributed by atoms with Crippen LogP contribution in [0, 0.1) is 0 Å². The van der Waals surface area contributed by atoms with Crippen molar-refractivity contribution in [2.24, 2.45) is 0 Å². The summed E-state index contributed by atoms with van der Waals surface area (Å²) in [6.07, 6.45) is 10.7. The highest BCUT2D eigenvalue weighted by molar-refractivity contribution is 7.88. The molecular formula is C38H46NO7PS. The van der Waals surface area contributed by atoms with Gasteiger partial charge < -0.3 is 24.8 Å². The number of carbonyl (C=O) groups is 1. The summed E-state index contributed by atoms with van der Waals surface area (Å²) >= 11 is 0. The van der Waals surface area contributed by atoms with Crippen LogP contribution in [-0.4, -0.2) is 36.2 Å². The lowest BCUT2D eigenvalue weighted by atomic mass is 9.85. The van der Waals surface area contributed by atoms with Crippen molar-refractivity contribution < 1.29 is 32.7 Å². The Balaban J connectivity index is 0.00000625. The third kappa shape index (κ3) is 10.3. The predicted octanol–water partition coefficient (Wildman–Crippen LogP) is 7.85. The largest absolute Gasteiger partial charge is 0.504 e. The van der Waals surface area contributed by atoms with Crippen LogP contribution in [-0.2, 0) is 19.7 Å². The lowest BCUT2D eigenvalue weighted by Gasteiger charge is -2.34. The molecule has 8 nitrogen and oxygen atoms in total. The maximum atomic E-state index is 14.2. The van der Waals surface area contributed by atoms with Gasteiger partial charge in [0.25, 0.3) is 0 Å². The number of amides is 1. The number of hydrogen-bond donors (Lipinski definition) is 4. The summed E-state index contributed by atoms with van der Waals surface area (Å²) in [5.41, 5.74) is 1.76. The molecule has 0 fully saturated rings. The zero-order valence-corrected chi connectivity index (χ0v) is 29.4. The monoisotopic (exact) mass is 691 g/mol. The number of phenolic OH excluding ortho intramolecular Hbond substituents is 3. The number of carbonyl (C=O) groups excluding carboxylic acids is 1. The minimum atomic E-state index is -4.15. The third-order valence-electron chi connectivity index (χ3n) is 8.13. The lowest BCUT2D eigenvalue weighted by molar-refractivity contribution is -0.116. The molecule has 0 radical (unpaired) electrons. The predicted molar refractivity (Wildman–Crippen MR) is 196 cm³/mol. The molecule has 4 rings (SSSR count). The Morgan fingerprint density at radius 1 is 0.688 bits per heavy atom. The van der Waals surface area contributed by atoms with Gasteiger partial charge in [-0.05, 0) is 59.9 Å². The molecule has 256 valence electrons. The Morgan fingerprint density at radius 2 is 1.15 bits per heavy atom. The summed E-state index contributed by atoms with van der Waals surface area (Å²) in [5, 5.41) is 31.4. The van der Waals surface area contributed by atoms with Crippen LogP contribution in [0.2, 0.25) is 0 Å². The molecular weight excluding hydrogens is 645 g/mol. The fourth-order valence-corrected chi connectivity index (χ4v) is 7.43. The normalized spacial score (nSPS) is 11.6. The number of para-hydroxylation sites is 1. The van der Waals surface area contributed by atoms with Gasteiger partial charge in [0.2, 0.25) is 5.91 Å². The fourth-order valence-electron chi connectivity index (χ4n) is 5.68. The van der Waals surface area contributed by atoms with Gasteiger partial charge in [0, 0.05) is 12.6 Å². The molecule has 10 heteroatoms. The van der Waals surface area contributed by atoms with E-state index >= 15 is 0 Å². The first-order chi connectivity index (χ1) is 22.7. The first-order valence-electron chi connectivity index (χ1n) is 16.0. The molecule has 0 spiro atoms. The van der Waals surface area contributed by atoms with Gasteiger partial charge >= 0.3 is 10.1 Å². The maximum Gasteiger partial charge on any atom is 0.323 e. The van der Waals surface area contributed by atoms with Crippen LogP contribution in [0.5, 0.6) is 23.0 Å². The van der Waals surface area contributed by atoms with Crippen LogP contribution in [0.1, 0.15) is 74.5 Å². The van der Waals surface area contributed by atoms with E-state index in [0.29, 0.717) is 36.1 Å². The highest BCUT2D eigenvalue weighted by atomic mass is 32.2. The molecule has 1 unspecified atom stereocenters. The Labute approximate surface area is 287 Å². The van der Waals surface area contributed by atoms with E-state index in [1.54, 1.807) is 24.3 Å². The van der Waals surface area contributed by atoms with Crippen LogP contribution < -0.4 is 9.50 Å². The lowest BCUT2D eigenvalue weighted by Crippen LogP contribution is -2.40. The van der Waals surface area contributed by atoms with E-state index in [1.807, 2.05) is 66.7 Å². The fraction of sp³-hybridized carbons (Fsp3) is 0.289. The van der Waals surface area contributed by atoms with Crippen molar-refractivity contribution in [1.82, 2.24) is 5.32 Å². The standard InChI is InChI=1S/C38H43NO7S.H3P/c40-34-28-30(29-35(41)37(34)43)24-25-36(42)39-27-17-6-4-2-1-3-5-16-26-38(31-18-10-7-11-19-31,32-20-12-8-13-21-32)47(44,45)46-33-22-14-9-15-23-33;/h7-15,18-25,28-29,40-41,43H,1-6,16-17,26-27H2,(H,39,42);1H3/b25-24+;. The van der Waals surface area contributed by atoms with Gasteiger partial charge in [-0.2, -0.15) is 18.3 Å². The summed E-state index contributed by atoms with van der Waals surface area (Å²) in [5.74, 6) is -1.51. The molecule has 1 atom stereocenters. The van der Waals surface area contributed by atoms with Crippen molar-refractivity contribution in [2.75, 3.05) is 6.54 Å². The van der Waals surface area contributed by atoms with Crippen molar-refractivity contribution in [3.05, 3.63) is 126 Å². The highest BCUT2D eigenvalue weighted by Crippen LogP contribution is 2.43. The Bertz CT molecular complexity index is 1640. The third-order valence-corrected chi connectivity index (χ3v) is 10.1. The second-order valence-electron chi connectivity index (χ2n) is 11.5. The van der Waals surface area contributed by atoms with Gasteiger partial charge in [0.15, 0.2) is 22.0 Å². The summed E-state index contributed by atoms with van der Waals surface area (Å²) in [6, 6.07) is 29.8. The Hall–Kier alpha value is -4.33. The van der Waals surface area contributed by atoms with E-state index in [0.717, 1.165) is 44.9 Å². The molecule has 4 N–H and O–H groups in total. The van der Waals surface area contributed by atoms with E-state index in [2.05, 4.69) is 5.32 Å². The van der Waals surface area contributed by atoms with Gasteiger partial charge in [0.05, 0.1) is 0 Å². The number of hydrogen-bond acceptors (Lipinski definition) is 7. The van der Waals surface area contributed by atoms with Crippen LogP contribution >= 0.6 is 9.90 Å². The average molecular weight is 692 g/mol. The SMILES string of the molecule is O=C(/C=C/c1cc(O)c(O)c(O)c1)NCCCCCCCCCCC(c1ccccc1)(c1ccccc1)S(=O)(=O)Oc1ccccc1.P. The molecule has 0 aromatic heterocycles. The van der Waals surface area contributed by atoms with Gasteiger partial charge in [-0.3, -0.25) is 4.79 Å². The molecule has 0 saturated carbocycles. The number of aromatic hydroxyl groups is 3. The number of rotatable bonds is 18. The van der Waals surface area contributed by atoms with E-state index in [4.69, 9.17) is 4.18 Å². The van der Waals surface area contributed by atoms with Crippen molar-refractivity contribution in [3.63, 3.8) is 0 Å². The first-order valence-corrected chi connectivity index (χ1v) is 17.4. The molecule has 0 aliphatic carbocycles. The van der Waals surface area contributed by atoms with Crippen molar-refractivity contribution in [2.45, 2.75) is 62.5 Å². The smallest absolute Gasteiger partial charge is 0.323 e. The summed E-state index contributed by atoms with van der Waals surface area (Å²) in [6.45, 7) is 0.538. The highest BCUT2D eigenvalue weighted by Gasteiger charge is 2.48. The first kappa shape index (κ1) is 38.1. The zero-order valence-electron chi connectivity index (χ0n) is 27.1. The molecule has 0 bridgehead atoms. The van der Waals surface area contributed by atoms with Crippen LogP contribution in [0.15, 0.2) is 109 Å². The molecule has 48 heavy (non-hydrogen) atoms. The van der Waals surface area contributed by atoms with E-state index in [-0.39, 0.29) is 21.6 Å². The molecule has 4 aromatic carbocycles. The second kappa shape index (κ2) is 18.9. The topological polar surface area (TPSA) is 133 Å². The zero-order chi connectivity index (χ0) is 33.5. The van der Waals surface area contributed by atoms with E-state index in [1.165, 1.54) is 24.3 Å². The van der Waals surface area contributed by atoms with E-state index in [9.17, 15) is 28.5 Å². The van der Waals surface area contributed by atoms with Gasteiger partial charge in [0.1, 0.15) is 5.75 Å². The molecule has 0 aliphatic rings. The number of benzene rings is 4. The Morgan fingerprint density at radius 3 is 1.67 bits per heavy atom. The minimum absolute atomic E-state index is 0. The molecule has 4 aromatic rings. The van der Waals surface area contributed by atoms with Gasteiger partial charge in [-0.1, -0.05) is 124 Å². The number of nitrogens with one attached hydrogen (secondary N) is 1. The van der Waals surface area contributed by atoms with Crippen molar-refractivity contribution in [3.8, 4) is 23.0 Å². The maximum absolute atomic E-state index is 14.2. The quantitative estimate of drug-likeness (QED) is 0.0275. The Kier molecular flexibility index (Phi) is 15.0. The average Bonchev–Trinajstić information content (AvgIpc) is 3.07. The molecule has 0 saturated heterocycles. The van der Waals surface area contributed by atoms with Gasteiger partial charge in [-0.15, -0.1) is 0 Å². The minimum Gasteiger partial charge on any atom is -0.504 e. The van der Waals surface area contributed by atoms with Gasteiger partial charge in [-0.25, -0.2) is 0 Å². The summed E-state index contributed by atoms with van der Waals surface area (Å²) in [7, 11) is -4.15. The van der Waals surface area contributed by atoms with Crippen LogP contribution in [0.25, 0.3) is 6.08 Å². The van der Waals surface area contributed by atoms with Crippen molar-refractivity contribution >= 4 is 32.0 Å². The van der Waals surface area contributed by atoms with E-state index < -0.39 is 32.1 Å².